The highest BCUT2D eigenvalue weighted by atomic mass is 16.6. The molecule has 2 amide bonds. The molecule has 0 radical (unpaired) electrons. The average molecular weight is 584 g/mol. The second-order valence-electron chi connectivity index (χ2n) is 11.7. The first-order chi connectivity index (χ1) is 20.3. The number of unbranched alkanes of at least 4 members (excludes halogenated alkanes) is 3. The van der Waals surface area contributed by atoms with Gasteiger partial charge in [0.2, 0.25) is 5.91 Å². The molecule has 3 aliphatic rings. The van der Waals surface area contributed by atoms with Gasteiger partial charge < -0.3 is 29.3 Å². The first kappa shape index (κ1) is 32.0. The fourth-order valence-electron chi connectivity index (χ4n) is 7.61. The Bertz CT molecular complexity index is 1120. The molecule has 2 bridgehead atoms. The van der Waals surface area contributed by atoms with Crippen molar-refractivity contribution in [2.75, 3.05) is 49.2 Å². The summed E-state index contributed by atoms with van der Waals surface area (Å²) in [5.74, 6) is -2.32. The van der Waals surface area contributed by atoms with Gasteiger partial charge in [0.05, 0.1) is 18.1 Å². The molecule has 1 spiro atoms. The molecule has 1 N–H and O–H groups in total. The molecule has 1 aromatic carbocycles. The minimum atomic E-state index is -1.09. The molecule has 42 heavy (non-hydrogen) atoms. The topological polar surface area (TPSA) is 99.6 Å². The van der Waals surface area contributed by atoms with E-state index in [1.165, 1.54) is 0 Å². The minimum absolute atomic E-state index is 0.132. The van der Waals surface area contributed by atoms with E-state index in [4.69, 9.17) is 9.47 Å². The number of amides is 2. The molecule has 2 unspecified atom stereocenters. The second-order valence-corrected chi connectivity index (χ2v) is 11.7. The Kier molecular flexibility index (Phi) is 10.4. The van der Waals surface area contributed by atoms with Gasteiger partial charge in [0, 0.05) is 44.2 Å². The number of carbonyl (C=O) groups is 3. The Morgan fingerprint density at radius 2 is 1.74 bits per heavy atom. The summed E-state index contributed by atoms with van der Waals surface area (Å²) in [5.41, 5.74) is -0.0973. The highest BCUT2D eigenvalue weighted by Crippen LogP contribution is 2.64. The SMILES string of the molecule is C=CCN(C(=O)C1N(CCCCCCO)C(=O)[C@@H]2[C@@H](C(=O)OCC)[C@@]3(CC)CCC12O3)c1ccc(N(CC)CC)cc1. The van der Waals surface area contributed by atoms with E-state index in [9.17, 15) is 19.5 Å². The fraction of sp³-hybridized carbons (Fsp3) is 0.667. The highest BCUT2D eigenvalue weighted by Gasteiger charge is 2.79. The number of esters is 1. The Morgan fingerprint density at radius 3 is 2.33 bits per heavy atom. The standard InChI is InChI=1S/C33H49N3O6/c1-6-21-35(25-17-15-24(16-18-25)34(8-3)9-4)30(39)28-33-20-19-32(7-2,42-33)27(31(40)41-10-5)26(33)29(38)36(28)22-13-11-12-14-23-37/h6,15-18,26-28,37H,1,7-14,19-23H2,2-5H3/t26-,27-,28?,32+,33?/m0/s1. The number of anilines is 2. The van der Waals surface area contributed by atoms with Crippen LogP contribution in [0.2, 0.25) is 0 Å². The predicted molar refractivity (Wildman–Crippen MR) is 163 cm³/mol. The minimum Gasteiger partial charge on any atom is -0.466 e. The van der Waals surface area contributed by atoms with Gasteiger partial charge in [-0.15, -0.1) is 6.58 Å². The molecule has 0 aliphatic carbocycles. The first-order valence-corrected chi connectivity index (χ1v) is 15.8. The summed E-state index contributed by atoms with van der Waals surface area (Å²) >= 11 is 0. The van der Waals surface area contributed by atoms with Crippen LogP contribution in [-0.4, -0.2) is 84.4 Å². The maximum Gasteiger partial charge on any atom is 0.312 e. The third-order valence-electron chi connectivity index (χ3n) is 9.63. The zero-order valence-corrected chi connectivity index (χ0v) is 25.8. The molecule has 0 aromatic heterocycles. The lowest BCUT2D eigenvalue weighted by Crippen LogP contribution is -2.56. The van der Waals surface area contributed by atoms with Gasteiger partial charge in [0.15, 0.2) is 0 Å². The van der Waals surface area contributed by atoms with E-state index in [0.29, 0.717) is 38.6 Å². The molecule has 9 nitrogen and oxygen atoms in total. The van der Waals surface area contributed by atoms with Gasteiger partial charge in [-0.3, -0.25) is 14.4 Å². The van der Waals surface area contributed by atoms with Gasteiger partial charge >= 0.3 is 5.97 Å². The van der Waals surface area contributed by atoms with Gasteiger partial charge in [-0.05, 0) is 77.1 Å². The van der Waals surface area contributed by atoms with Gasteiger partial charge in [-0.25, -0.2) is 0 Å². The van der Waals surface area contributed by atoms with Gasteiger partial charge in [0.1, 0.15) is 17.6 Å². The second kappa shape index (κ2) is 13.6. The van der Waals surface area contributed by atoms with Crippen molar-refractivity contribution >= 4 is 29.2 Å². The van der Waals surface area contributed by atoms with E-state index < -0.39 is 35.0 Å². The van der Waals surface area contributed by atoms with Crippen LogP contribution >= 0.6 is 0 Å². The number of benzene rings is 1. The summed E-state index contributed by atoms with van der Waals surface area (Å²) in [6.45, 7) is 14.7. The van der Waals surface area contributed by atoms with Crippen molar-refractivity contribution in [3.8, 4) is 0 Å². The van der Waals surface area contributed by atoms with Crippen molar-refractivity contribution < 1.29 is 29.0 Å². The lowest BCUT2D eigenvalue weighted by Gasteiger charge is -2.37. The van der Waals surface area contributed by atoms with Crippen molar-refractivity contribution in [2.45, 2.75) is 89.9 Å². The number of likely N-dealkylation sites (tertiary alicyclic amines) is 1. The van der Waals surface area contributed by atoms with Crippen LogP contribution in [0.1, 0.15) is 72.6 Å². The maximum atomic E-state index is 14.7. The van der Waals surface area contributed by atoms with Crippen LogP contribution in [0.4, 0.5) is 11.4 Å². The molecule has 9 heteroatoms. The number of ether oxygens (including phenoxy) is 2. The third kappa shape index (κ3) is 5.46. The van der Waals surface area contributed by atoms with E-state index in [1.54, 1.807) is 22.8 Å². The maximum absolute atomic E-state index is 14.7. The number of hydrogen-bond donors (Lipinski definition) is 1. The van der Waals surface area contributed by atoms with Crippen LogP contribution in [0.15, 0.2) is 36.9 Å². The summed E-state index contributed by atoms with van der Waals surface area (Å²) in [6.07, 6.45) is 6.46. The summed E-state index contributed by atoms with van der Waals surface area (Å²) in [5, 5.41) is 9.20. The van der Waals surface area contributed by atoms with Crippen molar-refractivity contribution in [3.63, 3.8) is 0 Å². The lowest BCUT2D eigenvalue weighted by atomic mass is 9.65. The number of carbonyl (C=O) groups excluding carboxylic acids is 3. The highest BCUT2D eigenvalue weighted by molar-refractivity contribution is 6.05. The zero-order valence-electron chi connectivity index (χ0n) is 25.8. The first-order valence-electron chi connectivity index (χ1n) is 15.8. The Hall–Kier alpha value is -2.91. The van der Waals surface area contributed by atoms with E-state index in [1.807, 2.05) is 31.2 Å². The molecule has 1 aromatic rings. The molecule has 0 saturated carbocycles. The summed E-state index contributed by atoms with van der Waals surface area (Å²) in [6, 6.07) is 7.07. The number of hydrogen-bond acceptors (Lipinski definition) is 7. The van der Waals surface area contributed by atoms with Crippen molar-refractivity contribution in [1.29, 1.82) is 0 Å². The van der Waals surface area contributed by atoms with Crippen LogP contribution in [0.25, 0.3) is 0 Å². The third-order valence-corrected chi connectivity index (χ3v) is 9.63. The summed E-state index contributed by atoms with van der Waals surface area (Å²) < 4.78 is 12.3. The molecular weight excluding hydrogens is 534 g/mol. The number of aliphatic hydroxyl groups excluding tert-OH is 1. The quantitative estimate of drug-likeness (QED) is 0.176. The van der Waals surface area contributed by atoms with Crippen LogP contribution in [-0.2, 0) is 23.9 Å². The summed E-state index contributed by atoms with van der Waals surface area (Å²) in [7, 11) is 0. The van der Waals surface area contributed by atoms with Crippen molar-refractivity contribution in [3.05, 3.63) is 36.9 Å². The average Bonchev–Trinajstić information content (AvgIpc) is 3.60. The smallest absolute Gasteiger partial charge is 0.312 e. The van der Waals surface area contributed by atoms with Gasteiger partial charge in [-0.1, -0.05) is 25.8 Å². The summed E-state index contributed by atoms with van der Waals surface area (Å²) in [4.78, 5) is 48.0. The number of fused-ring (bicyclic) bond motifs is 1. The Morgan fingerprint density at radius 1 is 1.07 bits per heavy atom. The fourth-order valence-corrected chi connectivity index (χ4v) is 7.61. The molecule has 3 fully saturated rings. The molecular formula is C33H49N3O6. The number of nitrogens with zero attached hydrogens (tertiary/aromatic N) is 3. The zero-order chi connectivity index (χ0) is 30.5. The van der Waals surface area contributed by atoms with Crippen molar-refractivity contribution in [2.24, 2.45) is 11.8 Å². The Labute approximate surface area is 250 Å². The van der Waals surface area contributed by atoms with Crippen LogP contribution in [0, 0.1) is 11.8 Å². The molecule has 5 atom stereocenters. The molecule has 4 rings (SSSR count). The van der Waals surface area contributed by atoms with E-state index in [2.05, 4.69) is 25.3 Å². The number of rotatable bonds is 16. The predicted octanol–water partition coefficient (Wildman–Crippen LogP) is 4.32. The van der Waals surface area contributed by atoms with E-state index >= 15 is 0 Å². The van der Waals surface area contributed by atoms with Gasteiger partial charge in [-0.2, -0.15) is 0 Å². The molecule has 232 valence electrons. The van der Waals surface area contributed by atoms with E-state index in [-0.39, 0.29) is 31.6 Å². The largest absolute Gasteiger partial charge is 0.466 e. The van der Waals surface area contributed by atoms with Gasteiger partial charge in [0.25, 0.3) is 5.91 Å². The van der Waals surface area contributed by atoms with Crippen molar-refractivity contribution in [1.82, 2.24) is 4.90 Å². The van der Waals surface area contributed by atoms with Crippen LogP contribution in [0.3, 0.4) is 0 Å². The van der Waals surface area contributed by atoms with E-state index in [0.717, 1.165) is 37.3 Å². The van der Waals surface area contributed by atoms with Crippen LogP contribution < -0.4 is 9.80 Å². The van der Waals surface area contributed by atoms with Crippen LogP contribution in [0.5, 0.6) is 0 Å². The number of aliphatic hydroxyl groups is 1. The normalized spacial score (nSPS) is 27.7. The monoisotopic (exact) mass is 583 g/mol. The lowest BCUT2D eigenvalue weighted by molar-refractivity contribution is -0.160. The Balaban J connectivity index is 1.73. The molecule has 3 saturated heterocycles. The molecule has 3 aliphatic heterocycles. The molecule has 3 heterocycles.